The minimum atomic E-state index is -0.202. The highest BCUT2D eigenvalue weighted by molar-refractivity contribution is 5.88. The highest BCUT2D eigenvalue weighted by Crippen LogP contribution is 2.14. The van der Waals surface area contributed by atoms with Crippen molar-refractivity contribution in [2.24, 2.45) is 0 Å². The highest BCUT2D eigenvalue weighted by atomic mass is 16.3. The summed E-state index contributed by atoms with van der Waals surface area (Å²) in [5, 5.41) is 16.5. The molecule has 2 rings (SSSR count). The third-order valence-electron chi connectivity index (χ3n) is 3.75. The van der Waals surface area contributed by atoms with E-state index in [-0.39, 0.29) is 12.6 Å². The summed E-state index contributed by atoms with van der Waals surface area (Å²) in [6.07, 6.45) is 1.91. The normalized spacial score (nSPS) is 10.6. The summed E-state index contributed by atoms with van der Waals surface area (Å²) in [6, 6.07) is 11.7. The van der Waals surface area contributed by atoms with Gasteiger partial charge in [-0.3, -0.25) is 5.32 Å². The molecule has 0 aliphatic rings. The van der Waals surface area contributed by atoms with Gasteiger partial charge in [0.25, 0.3) is 0 Å². The van der Waals surface area contributed by atoms with Crippen LogP contribution in [0.3, 0.4) is 0 Å². The second-order valence-electron chi connectivity index (χ2n) is 5.81. The lowest BCUT2D eigenvalue weighted by Gasteiger charge is -2.22. The molecule has 0 aliphatic carbocycles. The predicted molar refractivity (Wildman–Crippen MR) is 95.1 cm³/mol. The van der Waals surface area contributed by atoms with Gasteiger partial charge in [0.15, 0.2) is 0 Å². The second kappa shape index (κ2) is 9.08. The number of unbranched alkanes of at least 4 members (excludes halogenated alkanes) is 1. The summed E-state index contributed by atoms with van der Waals surface area (Å²) >= 11 is 0. The minimum Gasteiger partial charge on any atom is -0.395 e. The fourth-order valence-electron chi connectivity index (χ4n) is 2.50. The Morgan fingerprint density at radius 2 is 2.04 bits per heavy atom. The van der Waals surface area contributed by atoms with Gasteiger partial charge in [0.1, 0.15) is 5.82 Å². The fraction of sp³-hybridized carbons (Fsp3) is 0.444. The molecule has 0 radical (unpaired) electrons. The number of aliphatic hydroxyl groups excluding tert-OH is 1. The zero-order chi connectivity index (χ0) is 17.4. The van der Waals surface area contributed by atoms with E-state index in [0.29, 0.717) is 25.5 Å². The molecule has 2 N–H and O–H groups in total. The molecule has 0 atom stereocenters. The molecule has 2 aromatic rings. The molecule has 0 unspecified atom stereocenters. The number of aliphatic hydroxyl groups is 1. The van der Waals surface area contributed by atoms with Crippen LogP contribution in [0.15, 0.2) is 36.4 Å². The van der Waals surface area contributed by atoms with E-state index in [2.05, 4.69) is 17.3 Å². The molecule has 0 saturated heterocycles. The Morgan fingerprint density at radius 3 is 2.71 bits per heavy atom. The second-order valence-corrected chi connectivity index (χ2v) is 5.81. The third kappa shape index (κ3) is 5.09. The van der Waals surface area contributed by atoms with Crippen molar-refractivity contribution >= 4 is 11.8 Å². The average Bonchev–Trinajstić information content (AvgIpc) is 2.91. The molecule has 1 aromatic heterocycles. The van der Waals surface area contributed by atoms with Gasteiger partial charge < -0.3 is 10.0 Å². The Labute approximate surface area is 143 Å². The van der Waals surface area contributed by atoms with Crippen LogP contribution >= 0.6 is 0 Å². The molecule has 1 aromatic carbocycles. The first-order valence-corrected chi connectivity index (χ1v) is 8.39. The number of aromatic nitrogens is 2. The van der Waals surface area contributed by atoms with E-state index in [1.165, 1.54) is 0 Å². The highest BCUT2D eigenvalue weighted by Gasteiger charge is 2.15. The number of nitrogens with one attached hydrogen (secondary N) is 1. The van der Waals surface area contributed by atoms with Crippen LogP contribution in [-0.2, 0) is 6.54 Å². The summed E-state index contributed by atoms with van der Waals surface area (Å²) in [4.78, 5) is 14.1. The molecule has 1 heterocycles. The first kappa shape index (κ1) is 18.0. The Bertz CT molecular complexity index is 640. The smallest absolute Gasteiger partial charge is 0.323 e. The molecule has 2 amide bonds. The molecular formula is C18H26N4O2. The SMILES string of the molecule is CCCCN(CCO)C(=O)Nc1cc(C)nn1Cc1ccccc1. The average molecular weight is 330 g/mol. The molecule has 6 nitrogen and oxygen atoms in total. The first-order chi connectivity index (χ1) is 11.6. The standard InChI is InChI=1S/C18H26N4O2/c1-3-4-10-21(11-12-23)18(24)19-17-13-15(2)20-22(17)14-16-8-6-5-7-9-16/h5-9,13,23H,3-4,10-12,14H2,1-2H3,(H,19,24). The summed E-state index contributed by atoms with van der Waals surface area (Å²) in [6.45, 7) is 5.50. The van der Waals surface area contributed by atoms with Crippen molar-refractivity contribution in [3.63, 3.8) is 0 Å². The van der Waals surface area contributed by atoms with E-state index < -0.39 is 0 Å². The van der Waals surface area contributed by atoms with Crippen LogP contribution < -0.4 is 5.32 Å². The molecule has 6 heteroatoms. The number of rotatable bonds is 8. The maximum Gasteiger partial charge on any atom is 0.323 e. The predicted octanol–water partition coefficient (Wildman–Crippen LogP) is 2.87. The molecule has 0 spiro atoms. The number of anilines is 1. The summed E-state index contributed by atoms with van der Waals surface area (Å²) in [5.74, 6) is 0.667. The minimum absolute atomic E-state index is 0.0422. The molecule has 0 saturated carbocycles. The molecule has 0 fully saturated rings. The van der Waals surface area contributed by atoms with Crippen molar-refractivity contribution in [1.29, 1.82) is 0 Å². The van der Waals surface area contributed by atoms with Crippen LogP contribution in [0.25, 0.3) is 0 Å². The van der Waals surface area contributed by atoms with Crippen LogP contribution in [0, 0.1) is 6.92 Å². The maximum absolute atomic E-state index is 12.5. The zero-order valence-corrected chi connectivity index (χ0v) is 14.4. The van der Waals surface area contributed by atoms with Gasteiger partial charge in [-0.25, -0.2) is 9.48 Å². The van der Waals surface area contributed by atoms with Gasteiger partial charge in [0, 0.05) is 19.2 Å². The van der Waals surface area contributed by atoms with Crippen molar-refractivity contribution in [2.75, 3.05) is 25.0 Å². The number of hydrogen-bond acceptors (Lipinski definition) is 3. The van der Waals surface area contributed by atoms with Gasteiger partial charge >= 0.3 is 6.03 Å². The Hall–Kier alpha value is -2.34. The van der Waals surface area contributed by atoms with Crippen LogP contribution in [0.1, 0.15) is 31.0 Å². The molecule has 130 valence electrons. The van der Waals surface area contributed by atoms with Crippen LogP contribution in [0.5, 0.6) is 0 Å². The van der Waals surface area contributed by atoms with Gasteiger partial charge in [-0.1, -0.05) is 43.7 Å². The Balaban J connectivity index is 2.09. The number of benzene rings is 1. The Morgan fingerprint density at radius 1 is 1.29 bits per heavy atom. The quantitative estimate of drug-likeness (QED) is 0.782. The number of urea groups is 1. The van der Waals surface area contributed by atoms with Crippen molar-refractivity contribution < 1.29 is 9.90 Å². The van der Waals surface area contributed by atoms with E-state index in [1.807, 2.05) is 43.3 Å². The Kier molecular flexibility index (Phi) is 6.81. The molecule has 0 aliphatic heterocycles. The van der Waals surface area contributed by atoms with Crippen molar-refractivity contribution in [3.05, 3.63) is 47.7 Å². The number of amides is 2. The van der Waals surface area contributed by atoms with E-state index >= 15 is 0 Å². The molecular weight excluding hydrogens is 304 g/mol. The largest absolute Gasteiger partial charge is 0.395 e. The maximum atomic E-state index is 12.5. The van der Waals surface area contributed by atoms with Gasteiger partial charge in [-0.05, 0) is 18.9 Å². The third-order valence-corrected chi connectivity index (χ3v) is 3.75. The van der Waals surface area contributed by atoms with Crippen molar-refractivity contribution in [2.45, 2.75) is 33.2 Å². The van der Waals surface area contributed by atoms with Crippen LogP contribution in [0.4, 0.5) is 10.6 Å². The monoisotopic (exact) mass is 330 g/mol. The number of carbonyl (C=O) groups excluding carboxylic acids is 1. The number of nitrogens with zero attached hydrogens (tertiary/aromatic N) is 3. The van der Waals surface area contributed by atoms with E-state index in [4.69, 9.17) is 5.11 Å². The van der Waals surface area contributed by atoms with E-state index in [1.54, 1.807) is 9.58 Å². The summed E-state index contributed by atoms with van der Waals surface area (Å²) in [7, 11) is 0. The lowest BCUT2D eigenvalue weighted by atomic mass is 10.2. The first-order valence-electron chi connectivity index (χ1n) is 8.39. The molecule has 0 bridgehead atoms. The topological polar surface area (TPSA) is 70.4 Å². The fourth-order valence-corrected chi connectivity index (χ4v) is 2.50. The van der Waals surface area contributed by atoms with Gasteiger partial charge in [-0.2, -0.15) is 5.10 Å². The lowest BCUT2D eigenvalue weighted by molar-refractivity contribution is 0.187. The zero-order valence-electron chi connectivity index (χ0n) is 14.4. The van der Waals surface area contributed by atoms with E-state index in [9.17, 15) is 4.79 Å². The number of carbonyl (C=O) groups is 1. The summed E-state index contributed by atoms with van der Waals surface area (Å²) < 4.78 is 1.79. The van der Waals surface area contributed by atoms with E-state index in [0.717, 1.165) is 24.1 Å². The number of hydrogen-bond donors (Lipinski definition) is 2. The van der Waals surface area contributed by atoms with Crippen LogP contribution in [-0.4, -0.2) is 45.5 Å². The van der Waals surface area contributed by atoms with Crippen molar-refractivity contribution in [1.82, 2.24) is 14.7 Å². The van der Waals surface area contributed by atoms with Crippen LogP contribution in [0.2, 0.25) is 0 Å². The van der Waals surface area contributed by atoms with Gasteiger partial charge in [-0.15, -0.1) is 0 Å². The van der Waals surface area contributed by atoms with Crippen molar-refractivity contribution in [3.8, 4) is 0 Å². The number of aryl methyl sites for hydroxylation is 1. The summed E-state index contributed by atoms with van der Waals surface area (Å²) in [5.41, 5.74) is 1.97. The van der Waals surface area contributed by atoms with Gasteiger partial charge in [0.2, 0.25) is 0 Å². The van der Waals surface area contributed by atoms with Gasteiger partial charge in [0.05, 0.1) is 18.8 Å². The lowest BCUT2D eigenvalue weighted by Crippen LogP contribution is -2.38. The molecule has 24 heavy (non-hydrogen) atoms.